The third kappa shape index (κ3) is 6.45. The van der Waals surface area contributed by atoms with Crippen LogP contribution in [-0.2, 0) is 0 Å². The maximum absolute atomic E-state index is 9.78. The lowest BCUT2D eigenvalue weighted by Crippen LogP contribution is -2.33. The Morgan fingerprint density at radius 2 is 1.79 bits per heavy atom. The molecule has 4 nitrogen and oxygen atoms in total. The van der Waals surface area contributed by atoms with Gasteiger partial charge in [0.15, 0.2) is 0 Å². The van der Waals surface area contributed by atoms with Crippen LogP contribution in [0.3, 0.4) is 0 Å². The van der Waals surface area contributed by atoms with E-state index in [1.165, 1.54) is 0 Å². The minimum Gasteiger partial charge on any atom is -0.497 e. The van der Waals surface area contributed by atoms with Gasteiger partial charge in [-0.05, 0) is 36.7 Å². The molecular weight excluding hydrogens is 242 g/mol. The Labute approximate surface area is 115 Å². The number of rotatable bonds is 9. The summed E-state index contributed by atoms with van der Waals surface area (Å²) in [5, 5.41) is 13.0. The van der Waals surface area contributed by atoms with E-state index < -0.39 is 6.10 Å². The van der Waals surface area contributed by atoms with E-state index in [4.69, 9.17) is 9.47 Å². The van der Waals surface area contributed by atoms with E-state index in [0.717, 1.165) is 24.5 Å². The summed E-state index contributed by atoms with van der Waals surface area (Å²) in [4.78, 5) is 0. The second-order valence-corrected chi connectivity index (χ2v) is 4.81. The van der Waals surface area contributed by atoms with Gasteiger partial charge in [0.25, 0.3) is 0 Å². The molecule has 2 N–H and O–H groups in total. The minimum absolute atomic E-state index is 0.292. The van der Waals surface area contributed by atoms with Crippen LogP contribution in [-0.4, -0.2) is 38.0 Å². The summed E-state index contributed by atoms with van der Waals surface area (Å²) < 4.78 is 10.6. The molecular formula is C15H25NO3. The molecule has 0 aromatic heterocycles. The summed E-state index contributed by atoms with van der Waals surface area (Å²) in [6.07, 6.45) is 0.650. The van der Waals surface area contributed by atoms with Crippen molar-refractivity contribution < 1.29 is 14.6 Å². The van der Waals surface area contributed by atoms with E-state index in [0.29, 0.717) is 19.1 Å². The molecule has 0 aliphatic rings. The van der Waals surface area contributed by atoms with Gasteiger partial charge in [-0.2, -0.15) is 0 Å². The van der Waals surface area contributed by atoms with E-state index in [1.807, 2.05) is 24.3 Å². The molecule has 1 aromatic carbocycles. The lowest BCUT2D eigenvalue weighted by atomic mass is 10.1. The second kappa shape index (κ2) is 8.77. The highest BCUT2D eigenvalue weighted by Crippen LogP contribution is 2.16. The summed E-state index contributed by atoms with van der Waals surface area (Å²) >= 11 is 0. The number of nitrogens with one attached hydrogen (secondary N) is 1. The monoisotopic (exact) mass is 267 g/mol. The predicted molar refractivity (Wildman–Crippen MR) is 76.8 cm³/mol. The molecule has 0 amide bonds. The molecule has 0 saturated heterocycles. The standard InChI is InChI=1S/C15H25NO3/c1-4-12(2)9-16-10-13(17)11-19-15-7-5-14(18-3)6-8-15/h5-8,12-13,16-17H,4,9-11H2,1-3H3. The summed E-state index contributed by atoms with van der Waals surface area (Å²) in [5.74, 6) is 2.17. The van der Waals surface area contributed by atoms with Crippen LogP contribution in [0.25, 0.3) is 0 Å². The number of methoxy groups -OCH3 is 1. The molecule has 1 aromatic rings. The van der Waals surface area contributed by atoms with Gasteiger partial charge in [0.2, 0.25) is 0 Å². The molecule has 0 heterocycles. The fourth-order valence-corrected chi connectivity index (χ4v) is 1.56. The summed E-state index contributed by atoms with van der Waals surface area (Å²) in [5.41, 5.74) is 0. The Hall–Kier alpha value is -1.26. The summed E-state index contributed by atoms with van der Waals surface area (Å²) in [7, 11) is 1.63. The lowest BCUT2D eigenvalue weighted by Gasteiger charge is -2.15. The third-order valence-electron chi connectivity index (χ3n) is 3.07. The zero-order chi connectivity index (χ0) is 14.1. The first-order valence-electron chi connectivity index (χ1n) is 6.81. The van der Waals surface area contributed by atoms with E-state index in [1.54, 1.807) is 7.11 Å². The molecule has 108 valence electrons. The Kier molecular flexibility index (Phi) is 7.30. The average Bonchev–Trinajstić information content (AvgIpc) is 2.45. The Balaban J connectivity index is 2.20. The number of aliphatic hydroxyl groups excluding tert-OH is 1. The minimum atomic E-state index is -0.494. The number of hydrogen-bond donors (Lipinski definition) is 2. The van der Waals surface area contributed by atoms with Crippen molar-refractivity contribution in [2.45, 2.75) is 26.4 Å². The van der Waals surface area contributed by atoms with Gasteiger partial charge in [-0.3, -0.25) is 0 Å². The van der Waals surface area contributed by atoms with Crippen molar-refractivity contribution >= 4 is 0 Å². The van der Waals surface area contributed by atoms with Gasteiger partial charge in [-0.1, -0.05) is 20.3 Å². The molecule has 4 heteroatoms. The number of benzene rings is 1. The van der Waals surface area contributed by atoms with Gasteiger partial charge in [0.1, 0.15) is 24.2 Å². The molecule has 0 bridgehead atoms. The van der Waals surface area contributed by atoms with Crippen LogP contribution in [0, 0.1) is 5.92 Å². The maximum Gasteiger partial charge on any atom is 0.119 e. The van der Waals surface area contributed by atoms with Gasteiger partial charge in [-0.15, -0.1) is 0 Å². The first kappa shape index (κ1) is 15.8. The smallest absolute Gasteiger partial charge is 0.119 e. The van der Waals surface area contributed by atoms with Gasteiger partial charge < -0.3 is 19.9 Å². The molecule has 2 atom stereocenters. The largest absolute Gasteiger partial charge is 0.497 e. The molecule has 19 heavy (non-hydrogen) atoms. The highest BCUT2D eigenvalue weighted by Gasteiger charge is 2.06. The quantitative estimate of drug-likeness (QED) is 0.719. The van der Waals surface area contributed by atoms with Crippen LogP contribution in [0.15, 0.2) is 24.3 Å². The Morgan fingerprint density at radius 1 is 1.16 bits per heavy atom. The van der Waals surface area contributed by atoms with E-state index in [9.17, 15) is 5.11 Å². The molecule has 0 radical (unpaired) electrons. The molecule has 0 aliphatic carbocycles. The van der Waals surface area contributed by atoms with Crippen LogP contribution < -0.4 is 14.8 Å². The molecule has 0 spiro atoms. The third-order valence-corrected chi connectivity index (χ3v) is 3.07. The summed E-state index contributed by atoms with van der Waals surface area (Å²) in [6, 6.07) is 7.34. The van der Waals surface area contributed by atoms with Gasteiger partial charge in [0.05, 0.1) is 7.11 Å². The van der Waals surface area contributed by atoms with Crippen molar-refractivity contribution in [3.05, 3.63) is 24.3 Å². The predicted octanol–water partition coefficient (Wildman–Crippen LogP) is 2.07. The fourth-order valence-electron chi connectivity index (χ4n) is 1.56. The lowest BCUT2D eigenvalue weighted by molar-refractivity contribution is 0.105. The SMILES string of the molecule is CCC(C)CNCC(O)COc1ccc(OC)cc1. The average molecular weight is 267 g/mol. The second-order valence-electron chi connectivity index (χ2n) is 4.81. The van der Waals surface area contributed by atoms with Crippen LogP contribution in [0.2, 0.25) is 0 Å². The van der Waals surface area contributed by atoms with E-state index >= 15 is 0 Å². The molecule has 0 saturated carbocycles. The van der Waals surface area contributed by atoms with Crippen LogP contribution in [0.1, 0.15) is 20.3 Å². The van der Waals surface area contributed by atoms with Gasteiger partial charge in [-0.25, -0.2) is 0 Å². The topological polar surface area (TPSA) is 50.7 Å². The van der Waals surface area contributed by atoms with Gasteiger partial charge in [0, 0.05) is 6.54 Å². The van der Waals surface area contributed by atoms with Crippen LogP contribution in [0.4, 0.5) is 0 Å². The molecule has 1 rings (SSSR count). The first-order valence-corrected chi connectivity index (χ1v) is 6.81. The fraction of sp³-hybridized carbons (Fsp3) is 0.600. The highest BCUT2D eigenvalue weighted by atomic mass is 16.5. The van der Waals surface area contributed by atoms with E-state index in [2.05, 4.69) is 19.2 Å². The zero-order valence-corrected chi connectivity index (χ0v) is 12.1. The van der Waals surface area contributed by atoms with Crippen molar-refractivity contribution in [3.63, 3.8) is 0 Å². The van der Waals surface area contributed by atoms with Crippen molar-refractivity contribution in [3.8, 4) is 11.5 Å². The van der Waals surface area contributed by atoms with Crippen molar-refractivity contribution in [2.24, 2.45) is 5.92 Å². The van der Waals surface area contributed by atoms with Crippen molar-refractivity contribution in [2.75, 3.05) is 26.8 Å². The molecule has 2 unspecified atom stereocenters. The molecule has 0 fully saturated rings. The number of aliphatic hydroxyl groups is 1. The van der Waals surface area contributed by atoms with Crippen molar-refractivity contribution in [1.29, 1.82) is 0 Å². The summed E-state index contributed by atoms with van der Waals surface area (Å²) in [6.45, 7) is 6.12. The van der Waals surface area contributed by atoms with Gasteiger partial charge >= 0.3 is 0 Å². The number of hydrogen-bond acceptors (Lipinski definition) is 4. The molecule has 0 aliphatic heterocycles. The number of ether oxygens (including phenoxy) is 2. The van der Waals surface area contributed by atoms with Crippen LogP contribution in [0.5, 0.6) is 11.5 Å². The van der Waals surface area contributed by atoms with Crippen molar-refractivity contribution in [1.82, 2.24) is 5.32 Å². The first-order chi connectivity index (χ1) is 9.15. The van der Waals surface area contributed by atoms with E-state index in [-0.39, 0.29) is 0 Å². The van der Waals surface area contributed by atoms with Crippen LogP contribution >= 0.6 is 0 Å². The maximum atomic E-state index is 9.78. The highest BCUT2D eigenvalue weighted by molar-refractivity contribution is 5.31. The Morgan fingerprint density at radius 3 is 2.37 bits per heavy atom. The normalized spacial score (nSPS) is 13.9. The Bertz CT molecular complexity index is 340. The zero-order valence-electron chi connectivity index (χ0n) is 12.1.